The van der Waals surface area contributed by atoms with Crippen molar-refractivity contribution in [3.63, 3.8) is 0 Å². The Balaban J connectivity index is 1.87. The van der Waals surface area contributed by atoms with E-state index in [2.05, 4.69) is 25.8 Å². The molecule has 0 aliphatic heterocycles. The molecular weight excluding hydrogens is 445 g/mol. The molecule has 0 aliphatic rings. The van der Waals surface area contributed by atoms with Crippen LogP contribution in [0.15, 0.2) is 53.5 Å². The summed E-state index contributed by atoms with van der Waals surface area (Å²) in [5.74, 6) is -2.92. The smallest absolute Gasteiger partial charge is 0.351 e. The number of guanidine groups is 1. The summed E-state index contributed by atoms with van der Waals surface area (Å²) in [5.41, 5.74) is -1.08. The van der Waals surface area contributed by atoms with Gasteiger partial charge in [0.1, 0.15) is 5.82 Å². The molecule has 1 aromatic heterocycles. The van der Waals surface area contributed by atoms with Crippen LogP contribution in [0.2, 0.25) is 0 Å². The molecule has 0 radical (unpaired) electrons. The van der Waals surface area contributed by atoms with Crippen molar-refractivity contribution in [1.29, 1.82) is 0 Å². The largest absolute Gasteiger partial charge is 0.416 e. The number of aromatic amines is 1. The van der Waals surface area contributed by atoms with E-state index in [-0.39, 0.29) is 28.6 Å². The lowest BCUT2D eigenvalue weighted by atomic mass is 10.1. The zero-order chi connectivity index (χ0) is 24.4. The molecule has 174 valence electrons. The standard InChI is InChI=1S/C22H20F5N5O/c1-21(2,3)30-20(29-19(33)13-7-8-15(23)16(24)10-13)28-18-11-17(31-32-18)12-5-4-6-14(9-12)22(25,26)27/h4-11H,1-3H3,(H3,28,29,30,31,32,33). The van der Waals surface area contributed by atoms with Crippen molar-refractivity contribution < 1.29 is 26.7 Å². The van der Waals surface area contributed by atoms with E-state index in [9.17, 15) is 26.7 Å². The van der Waals surface area contributed by atoms with E-state index in [1.807, 2.05) is 0 Å². The van der Waals surface area contributed by atoms with Gasteiger partial charge in [-0.3, -0.25) is 9.89 Å². The second-order valence-electron chi connectivity index (χ2n) is 8.14. The fourth-order valence-electron chi connectivity index (χ4n) is 2.75. The maximum atomic E-state index is 13.5. The SMILES string of the molecule is CC(C)(C)N/C(=N/C(=O)c1ccc(F)c(F)c1)Nc1cc(-c2cccc(C(F)(F)F)c2)n[nH]1. The number of amides is 1. The highest BCUT2D eigenvalue weighted by atomic mass is 19.4. The Labute approximate surface area is 185 Å². The number of hydrogen-bond donors (Lipinski definition) is 3. The molecule has 0 aliphatic carbocycles. The van der Waals surface area contributed by atoms with E-state index < -0.39 is 34.8 Å². The summed E-state index contributed by atoms with van der Waals surface area (Å²) in [6.45, 7) is 5.40. The van der Waals surface area contributed by atoms with Gasteiger partial charge in [-0.25, -0.2) is 8.78 Å². The van der Waals surface area contributed by atoms with Crippen LogP contribution in [-0.4, -0.2) is 27.6 Å². The molecule has 3 rings (SSSR count). The van der Waals surface area contributed by atoms with Gasteiger partial charge in [0.05, 0.1) is 11.3 Å². The quantitative estimate of drug-likeness (QED) is 0.276. The number of carbonyl (C=O) groups is 1. The van der Waals surface area contributed by atoms with Crippen molar-refractivity contribution in [2.45, 2.75) is 32.5 Å². The van der Waals surface area contributed by atoms with Crippen LogP contribution in [0, 0.1) is 11.6 Å². The molecule has 0 unspecified atom stereocenters. The first-order chi connectivity index (χ1) is 15.3. The Morgan fingerprint density at radius 1 is 1.00 bits per heavy atom. The van der Waals surface area contributed by atoms with Gasteiger partial charge < -0.3 is 10.6 Å². The lowest BCUT2D eigenvalue weighted by Gasteiger charge is -2.23. The monoisotopic (exact) mass is 465 g/mol. The van der Waals surface area contributed by atoms with Crippen LogP contribution in [0.25, 0.3) is 11.3 Å². The van der Waals surface area contributed by atoms with Crippen LogP contribution < -0.4 is 10.6 Å². The molecule has 3 aromatic rings. The number of halogens is 5. The zero-order valence-corrected chi connectivity index (χ0v) is 17.8. The van der Waals surface area contributed by atoms with Crippen LogP contribution in [-0.2, 0) is 6.18 Å². The van der Waals surface area contributed by atoms with Crippen LogP contribution in [0.5, 0.6) is 0 Å². The Morgan fingerprint density at radius 3 is 2.36 bits per heavy atom. The summed E-state index contributed by atoms with van der Waals surface area (Å²) in [4.78, 5) is 16.4. The number of carbonyl (C=O) groups excluding carboxylic acids is 1. The van der Waals surface area contributed by atoms with Crippen molar-refractivity contribution in [1.82, 2.24) is 15.5 Å². The Morgan fingerprint density at radius 2 is 1.73 bits per heavy atom. The first kappa shape index (κ1) is 23.9. The first-order valence-electron chi connectivity index (χ1n) is 9.68. The predicted molar refractivity (Wildman–Crippen MR) is 114 cm³/mol. The van der Waals surface area contributed by atoms with Crippen LogP contribution in [0.4, 0.5) is 27.8 Å². The maximum absolute atomic E-state index is 13.5. The average Bonchev–Trinajstić information content (AvgIpc) is 3.16. The molecule has 1 heterocycles. The third kappa shape index (κ3) is 6.37. The second kappa shape index (κ2) is 9.00. The van der Waals surface area contributed by atoms with E-state index in [0.29, 0.717) is 0 Å². The number of rotatable bonds is 3. The second-order valence-corrected chi connectivity index (χ2v) is 8.14. The fraction of sp³-hybridized carbons (Fsp3) is 0.227. The number of anilines is 1. The topological polar surface area (TPSA) is 82.2 Å². The summed E-state index contributed by atoms with van der Waals surface area (Å²) in [6.07, 6.45) is -4.50. The third-order valence-electron chi connectivity index (χ3n) is 4.19. The van der Waals surface area contributed by atoms with Gasteiger partial charge >= 0.3 is 6.18 Å². The van der Waals surface area contributed by atoms with Gasteiger partial charge in [0.2, 0.25) is 5.96 Å². The zero-order valence-electron chi connectivity index (χ0n) is 17.8. The number of aromatic nitrogens is 2. The van der Waals surface area contributed by atoms with E-state index in [1.54, 1.807) is 20.8 Å². The Kier molecular flexibility index (Phi) is 6.52. The van der Waals surface area contributed by atoms with Crippen molar-refractivity contribution in [2.24, 2.45) is 4.99 Å². The van der Waals surface area contributed by atoms with Crippen LogP contribution in [0.3, 0.4) is 0 Å². The van der Waals surface area contributed by atoms with Gasteiger partial charge in [0.15, 0.2) is 11.6 Å². The fourth-order valence-corrected chi connectivity index (χ4v) is 2.75. The lowest BCUT2D eigenvalue weighted by Crippen LogP contribution is -2.44. The highest BCUT2D eigenvalue weighted by Gasteiger charge is 2.30. The molecule has 0 saturated heterocycles. The van der Waals surface area contributed by atoms with E-state index in [4.69, 9.17) is 0 Å². The number of nitrogens with one attached hydrogen (secondary N) is 3. The van der Waals surface area contributed by atoms with E-state index >= 15 is 0 Å². The molecule has 0 spiro atoms. The van der Waals surface area contributed by atoms with Gasteiger partial charge in [-0.2, -0.15) is 23.3 Å². The molecule has 2 aromatic carbocycles. The molecule has 0 fully saturated rings. The van der Waals surface area contributed by atoms with E-state index in [1.165, 1.54) is 18.2 Å². The minimum Gasteiger partial charge on any atom is -0.351 e. The highest BCUT2D eigenvalue weighted by molar-refractivity contribution is 6.06. The summed E-state index contributed by atoms with van der Waals surface area (Å²) in [5, 5.41) is 12.4. The molecule has 6 nitrogen and oxygen atoms in total. The summed E-state index contributed by atoms with van der Waals surface area (Å²) < 4.78 is 65.6. The number of alkyl halides is 3. The molecule has 0 atom stereocenters. The summed E-state index contributed by atoms with van der Waals surface area (Å²) >= 11 is 0. The number of hydrogen-bond acceptors (Lipinski definition) is 2. The number of benzene rings is 2. The summed E-state index contributed by atoms with van der Waals surface area (Å²) in [6, 6.07) is 8.76. The van der Waals surface area contributed by atoms with Gasteiger partial charge in [0.25, 0.3) is 5.91 Å². The van der Waals surface area contributed by atoms with Gasteiger partial charge in [-0.05, 0) is 51.1 Å². The lowest BCUT2D eigenvalue weighted by molar-refractivity contribution is -0.137. The number of nitrogens with zero attached hydrogens (tertiary/aromatic N) is 2. The molecule has 3 N–H and O–H groups in total. The molecule has 33 heavy (non-hydrogen) atoms. The third-order valence-corrected chi connectivity index (χ3v) is 4.19. The Bertz CT molecular complexity index is 1190. The molecule has 11 heteroatoms. The number of aliphatic imine (C=N–C) groups is 1. The molecule has 0 saturated carbocycles. The van der Waals surface area contributed by atoms with E-state index in [0.717, 1.165) is 30.3 Å². The Hall–Kier alpha value is -3.76. The van der Waals surface area contributed by atoms with Crippen molar-refractivity contribution >= 4 is 17.7 Å². The number of H-pyrrole nitrogens is 1. The predicted octanol–water partition coefficient (Wildman–Crippen LogP) is 5.37. The molecule has 1 amide bonds. The highest BCUT2D eigenvalue weighted by Crippen LogP contribution is 2.32. The minimum absolute atomic E-state index is 0.0310. The van der Waals surface area contributed by atoms with Gasteiger partial charge in [0, 0.05) is 22.7 Å². The summed E-state index contributed by atoms with van der Waals surface area (Å²) in [7, 11) is 0. The van der Waals surface area contributed by atoms with Gasteiger partial charge in [-0.1, -0.05) is 12.1 Å². The van der Waals surface area contributed by atoms with Crippen molar-refractivity contribution in [2.75, 3.05) is 5.32 Å². The van der Waals surface area contributed by atoms with Crippen molar-refractivity contribution in [3.8, 4) is 11.3 Å². The van der Waals surface area contributed by atoms with Crippen LogP contribution in [0.1, 0.15) is 36.7 Å². The van der Waals surface area contributed by atoms with Crippen LogP contribution >= 0.6 is 0 Å². The van der Waals surface area contributed by atoms with Gasteiger partial charge in [-0.15, -0.1) is 0 Å². The van der Waals surface area contributed by atoms with Crippen molar-refractivity contribution in [3.05, 3.63) is 71.3 Å². The molecule has 0 bridgehead atoms. The minimum atomic E-state index is -4.50. The first-order valence-corrected chi connectivity index (χ1v) is 9.68. The average molecular weight is 465 g/mol. The maximum Gasteiger partial charge on any atom is 0.416 e. The molecular formula is C22H20F5N5O. The normalized spacial score (nSPS) is 12.5.